The highest BCUT2D eigenvalue weighted by molar-refractivity contribution is 5.76. The lowest BCUT2D eigenvalue weighted by Crippen LogP contribution is -2.39. The fraction of sp³-hybridized carbons (Fsp3) is 0.421. The number of pyridine rings is 1. The lowest BCUT2D eigenvalue weighted by molar-refractivity contribution is -0.132. The van der Waals surface area contributed by atoms with Gasteiger partial charge >= 0.3 is 0 Å². The molecule has 0 N–H and O–H groups in total. The second kappa shape index (κ2) is 6.70. The van der Waals surface area contributed by atoms with Gasteiger partial charge in [0, 0.05) is 57.3 Å². The van der Waals surface area contributed by atoms with Crippen LogP contribution in [-0.4, -0.2) is 42.8 Å². The van der Waals surface area contributed by atoms with E-state index in [4.69, 9.17) is 0 Å². The van der Waals surface area contributed by atoms with Crippen LogP contribution in [0.15, 0.2) is 43.0 Å². The molecule has 4 heterocycles. The maximum atomic E-state index is 12.7. The van der Waals surface area contributed by atoms with Crippen molar-refractivity contribution < 1.29 is 4.79 Å². The minimum absolute atomic E-state index is 0.218. The van der Waals surface area contributed by atoms with E-state index in [1.165, 1.54) is 0 Å². The van der Waals surface area contributed by atoms with Crippen LogP contribution in [0.5, 0.6) is 0 Å². The highest BCUT2D eigenvalue weighted by Gasteiger charge is 2.26. The lowest BCUT2D eigenvalue weighted by atomic mass is 9.96. The molecule has 1 aliphatic rings. The first-order valence-electron chi connectivity index (χ1n) is 8.88. The van der Waals surface area contributed by atoms with Crippen molar-refractivity contribution in [2.45, 2.75) is 31.6 Å². The molecule has 6 heteroatoms. The number of aryl methyl sites for hydroxylation is 2. The molecule has 0 unspecified atom stereocenters. The molecule has 3 aromatic heterocycles. The van der Waals surface area contributed by atoms with Crippen LogP contribution in [0.1, 0.15) is 36.7 Å². The molecule has 6 nitrogen and oxygen atoms in total. The van der Waals surface area contributed by atoms with Gasteiger partial charge < -0.3 is 13.9 Å². The van der Waals surface area contributed by atoms with Crippen molar-refractivity contribution in [1.29, 1.82) is 0 Å². The Morgan fingerprint density at radius 3 is 3.04 bits per heavy atom. The molecule has 0 radical (unpaired) electrons. The molecule has 1 aliphatic heterocycles. The van der Waals surface area contributed by atoms with Gasteiger partial charge in [-0.25, -0.2) is 9.97 Å². The number of rotatable bonds is 4. The summed E-state index contributed by atoms with van der Waals surface area (Å²) in [4.78, 5) is 23.7. The van der Waals surface area contributed by atoms with E-state index in [9.17, 15) is 4.79 Å². The van der Waals surface area contributed by atoms with Crippen LogP contribution in [-0.2, 0) is 18.3 Å². The zero-order valence-corrected chi connectivity index (χ0v) is 14.5. The number of piperidine rings is 1. The molecule has 0 saturated carbocycles. The Hall–Kier alpha value is -2.63. The van der Waals surface area contributed by atoms with Gasteiger partial charge in [0.25, 0.3) is 0 Å². The molecule has 130 valence electrons. The van der Waals surface area contributed by atoms with Crippen molar-refractivity contribution >= 4 is 11.6 Å². The summed E-state index contributed by atoms with van der Waals surface area (Å²) in [5.74, 6) is 1.64. The fourth-order valence-corrected chi connectivity index (χ4v) is 3.69. The number of carbonyl (C=O) groups excluding carboxylic acids is 1. The van der Waals surface area contributed by atoms with E-state index < -0.39 is 0 Å². The summed E-state index contributed by atoms with van der Waals surface area (Å²) in [6.07, 6.45) is 11.1. The zero-order chi connectivity index (χ0) is 17.2. The Balaban J connectivity index is 1.38. The SMILES string of the molecule is Cn1ccnc1[C@@H]1CCCN(C(=O)CCc2cn3ccccc3n2)C1. The highest BCUT2D eigenvalue weighted by Crippen LogP contribution is 2.25. The van der Waals surface area contributed by atoms with Gasteiger partial charge in [-0.3, -0.25) is 4.79 Å². The third-order valence-corrected chi connectivity index (χ3v) is 5.01. The molecule has 25 heavy (non-hydrogen) atoms. The zero-order valence-electron chi connectivity index (χ0n) is 14.5. The molecule has 3 aromatic rings. The molecule has 1 amide bonds. The standard InChI is InChI=1S/C19H23N5O/c1-22-12-9-20-19(22)15-5-4-11-24(13-15)18(25)8-7-16-14-23-10-3-2-6-17(23)21-16/h2-3,6,9-10,12,14-15H,4-5,7-8,11,13H2,1H3/t15-/m1/s1. The van der Waals surface area contributed by atoms with Gasteiger partial charge in [0.15, 0.2) is 0 Å². The third kappa shape index (κ3) is 3.29. The second-order valence-corrected chi connectivity index (χ2v) is 6.77. The number of nitrogens with zero attached hydrogens (tertiary/aromatic N) is 5. The highest BCUT2D eigenvalue weighted by atomic mass is 16.2. The molecular formula is C19H23N5O. The number of fused-ring (bicyclic) bond motifs is 1. The van der Waals surface area contributed by atoms with Crippen LogP contribution in [0.4, 0.5) is 0 Å². The number of aromatic nitrogens is 4. The molecule has 0 aliphatic carbocycles. The maximum absolute atomic E-state index is 12.7. The molecule has 1 fully saturated rings. The summed E-state index contributed by atoms with van der Waals surface area (Å²) < 4.78 is 4.06. The molecule has 0 bridgehead atoms. The predicted molar refractivity (Wildman–Crippen MR) is 95.3 cm³/mol. The van der Waals surface area contributed by atoms with Gasteiger partial charge in [0.1, 0.15) is 11.5 Å². The Morgan fingerprint density at radius 2 is 2.24 bits per heavy atom. The van der Waals surface area contributed by atoms with E-state index in [1.54, 1.807) is 0 Å². The topological polar surface area (TPSA) is 55.4 Å². The van der Waals surface area contributed by atoms with Crippen LogP contribution in [0.25, 0.3) is 5.65 Å². The molecule has 1 saturated heterocycles. The number of imidazole rings is 2. The summed E-state index contributed by atoms with van der Waals surface area (Å²) >= 11 is 0. The predicted octanol–water partition coefficient (Wildman–Crippen LogP) is 2.41. The Labute approximate surface area is 147 Å². The van der Waals surface area contributed by atoms with Gasteiger partial charge in [0.05, 0.1) is 5.69 Å². The average Bonchev–Trinajstić information content (AvgIpc) is 3.25. The van der Waals surface area contributed by atoms with Gasteiger partial charge in [0.2, 0.25) is 5.91 Å². The Morgan fingerprint density at radius 1 is 1.32 bits per heavy atom. The van der Waals surface area contributed by atoms with E-state index in [0.717, 1.165) is 43.1 Å². The smallest absolute Gasteiger partial charge is 0.222 e. The monoisotopic (exact) mass is 337 g/mol. The summed E-state index contributed by atoms with van der Waals surface area (Å²) in [5, 5.41) is 0. The van der Waals surface area contributed by atoms with Crippen LogP contribution >= 0.6 is 0 Å². The fourth-order valence-electron chi connectivity index (χ4n) is 3.69. The normalized spacial score (nSPS) is 18.0. The summed E-state index contributed by atoms with van der Waals surface area (Å²) in [6.45, 7) is 1.62. The molecule has 0 spiro atoms. The van der Waals surface area contributed by atoms with E-state index >= 15 is 0 Å². The van der Waals surface area contributed by atoms with Gasteiger partial charge in [-0.15, -0.1) is 0 Å². The minimum atomic E-state index is 0.218. The van der Waals surface area contributed by atoms with Crippen molar-refractivity contribution in [2.75, 3.05) is 13.1 Å². The summed E-state index contributed by atoms with van der Waals surface area (Å²) in [7, 11) is 2.02. The van der Waals surface area contributed by atoms with Crippen LogP contribution < -0.4 is 0 Å². The largest absolute Gasteiger partial charge is 0.342 e. The number of amides is 1. The van der Waals surface area contributed by atoms with E-state index in [2.05, 4.69) is 14.5 Å². The Bertz CT molecular complexity index is 848. The molecule has 0 aromatic carbocycles. The van der Waals surface area contributed by atoms with E-state index in [-0.39, 0.29) is 5.91 Å². The van der Waals surface area contributed by atoms with Crippen molar-refractivity contribution in [3.63, 3.8) is 0 Å². The van der Waals surface area contributed by atoms with Crippen molar-refractivity contribution in [2.24, 2.45) is 7.05 Å². The van der Waals surface area contributed by atoms with Crippen molar-refractivity contribution in [3.05, 3.63) is 54.5 Å². The molecule has 1 atom stereocenters. The average molecular weight is 337 g/mol. The van der Waals surface area contributed by atoms with Gasteiger partial charge in [-0.1, -0.05) is 6.07 Å². The lowest BCUT2D eigenvalue weighted by Gasteiger charge is -2.32. The number of likely N-dealkylation sites (tertiary alicyclic amines) is 1. The Kier molecular flexibility index (Phi) is 4.26. The van der Waals surface area contributed by atoms with Crippen LogP contribution in [0.2, 0.25) is 0 Å². The third-order valence-electron chi connectivity index (χ3n) is 5.01. The summed E-state index contributed by atoms with van der Waals surface area (Å²) in [6, 6.07) is 5.94. The minimum Gasteiger partial charge on any atom is -0.342 e. The number of hydrogen-bond donors (Lipinski definition) is 0. The van der Waals surface area contributed by atoms with E-state index in [0.29, 0.717) is 18.8 Å². The number of carbonyl (C=O) groups is 1. The van der Waals surface area contributed by atoms with E-state index in [1.807, 2.05) is 59.3 Å². The van der Waals surface area contributed by atoms with Crippen LogP contribution in [0, 0.1) is 0 Å². The van der Waals surface area contributed by atoms with Crippen molar-refractivity contribution in [3.8, 4) is 0 Å². The van der Waals surface area contributed by atoms with Crippen molar-refractivity contribution in [1.82, 2.24) is 23.8 Å². The summed E-state index contributed by atoms with van der Waals surface area (Å²) in [5.41, 5.74) is 1.90. The van der Waals surface area contributed by atoms with Crippen LogP contribution in [0.3, 0.4) is 0 Å². The first-order chi connectivity index (χ1) is 12.2. The molecular weight excluding hydrogens is 314 g/mol. The quantitative estimate of drug-likeness (QED) is 0.735. The second-order valence-electron chi connectivity index (χ2n) is 6.77. The number of hydrogen-bond acceptors (Lipinski definition) is 3. The van der Waals surface area contributed by atoms with Gasteiger partial charge in [-0.2, -0.15) is 0 Å². The maximum Gasteiger partial charge on any atom is 0.222 e. The molecule has 4 rings (SSSR count). The first-order valence-corrected chi connectivity index (χ1v) is 8.88. The van der Waals surface area contributed by atoms with Gasteiger partial charge in [-0.05, 0) is 31.4 Å². The first kappa shape index (κ1) is 15.9.